The van der Waals surface area contributed by atoms with Gasteiger partial charge in [0, 0.05) is 7.05 Å². The van der Waals surface area contributed by atoms with Gasteiger partial charge in [0.1, 0.15) is 11.6 Å². The molecule has 0 unspecified atom stereocenters. The van der Waals surface area contributed by atoms with Gasteiger partial charge in [0.25, 0.3) is 0 Å². The first-order valence-corrected chi connectivity index (χ1v) is 6.55. The highest BCUT2D eigenvalue weighted by Gasteiger charge is 2.09. The predicted molar refractivity (Wildman–Crippen MR) is 76.5 cm³/mol. The maximum Gasteiger partial charge on any atom is 0.309 e. The zero-order valence-electron chi connectivity index (χ0n) is 12.1. The van der Waals surface area contributed by atoms with E-state index in [1.54, 1.807) is 16.7 Å². The van der Waals surface area contributed by atoms with E-state index in [4.69, 9.17) is 15.2 Å². The Morgan fingerprint density at radius 3 is 2.76 bits per heavy atom. The monoisotopic (exact) mass is 290 g/mol. The Bertz CT molecular complexity index is 624. The first-order valence-electron chi connectivity index (χ1n) is 6.55. The molecule has 7 heteroatoms. The van der Waals surface area contributed by atoms with Crippen molar-refractivity contribution < 1.29 is 14.3 Å². The van der Waals surface area contributed by atoms with Crippen molar-refractivity contribution in [2.45, 2.75) is 20.0 Å². The Morgan fingerprint density at radius 2 is 2.10 bits per heavy atom. The van der Waals surface area contributed by atoms with E-state index in [1.807, 2.05) is 26.1 Å². The van der Waals surface area contributed by atoms with Gasteiger partial charge in [-0.25, -0.2) is 0 Å². The molecule has 0 aliphatic rings. The molecule has 2 aromatic rings. The molecule has 1 aromatic heterocycles. The Hall–Kier alpha value is -2.57. The third kappa shape index (κ3) is 3.95. The van der Waals surface area contributed by atoms with Crippen LogP contribution in [0.4, 0.5) is 5.69 Å². The van der Waals surface area contributed by atoms with E-state index < -0.39 is 0 Å². The van der Waals surface area contributed by atoms with Crippen LogP contribution in [0, 0.1) is 6.92 Å². The molecule has 21 heavy (non-hydrogen) atoms. The molecule has 1 aromatic carbocycles. The number of carbonyl (C=O) groups is 1. The van der Waals surface area contributed by atoms with Crippen molar-refractivity contribution in [3.63, 3.8) is 0 Å². The maximum atomic E-state index is 11.6. The van der Waals surface area contributed by atoms with Crippen LogP contribution >= 0.6 is 0 Å². The number of rotatable bonds is 6. The smallest absolute Gasteiger partial charge is 0.309 e. The molecule has 0 aliphatic heterocycles. The molecule has 2 N–H and O–H groups in total. The molecule has 112 valence electrons. The number of esters is 1. The third-order valence-electron chi connectivity index (χ3n) is 3.03. The zero-order chi connectivity index (χ0) is 15.2. The average molecular weight is 290 g/mol. The molecule has 0 atom stereocenters. The molecule has 0 spiro atoms. The third-order valence-corrected chi connectivity index (χ3v) is 3.03. The lowest BCUT2D eigenvalue weighted by Gasteiger charge is -2.08. The second kappa shape index (κ2) is 6.74. The lowest BCUT2D eigenvalue weighted by atomic mass is 10.3. The fourth-order valence-corrected chi connectivity index (χ4v) is 1.65. The van der Waals surface area contributed by atoms with Crippen molar-refractivity contribution in [1.82, 2.24) is 14.8 Å². The number of nitrogens with two attached hydrogens (primary N) is 1. The Balaban J connectivity index is 1.73. The van der Waals surface area contributed by atoms with Crippen molar-refractivity contribution in [2.75, 3.05) is 12.3 Å². The summed E-state index contributed by atoms with van der Waals surface area (Å²) >= 11 is 0. The Labute approximate surface area is 122 Å². The lowest BCUT2D eigenvalue weighted by molar-refractivity contribution is -0.145. The molecule has 0 aliphatic carbocycles. The van der Waals surface area contributed by atoms with E-state index in [0.29, 0.717) is 17.3 Å². The van der Waals surface area contributed by atoms with Gasteiger partial charge in [0.15, 0.2) is 12.4 Å². The quantitative estimate of drug-likeness (QED) is 0.635. The molecule has 0 bridgehead atoms. The van der Waals surface area contributed by atoms with Gasteiger partial charge in [-0.1, -0.05) is 12.1 Å². The van der Waals surface area contributed by atoms with Gasteiger partial charge in [0.2, 0.25) is 0 Å². The maximum absolute atomic E-state index is 11.6. The van der Waals surface area contributed by atoms with E-state index in [1.165, 1.54) is 0 Å². The minimum atomic E-state index is -0.356. The standard InChI is InChI=1S/C14H18N4O3/c1-10-16-17-13(18(10)2)9-21-14(19)7-8-20-12-6-4-3-5-11(12)15/h3-6H,7-9,15H2,1-2H3. The molecule has 0 fully saturated rings. The van der Waals surface area contributed by atoms with Crippen LogP contribution in [0.1, 0.15) is 18.1 Å². The van der Waals surface area contributed by atoms with Gasteiger partial charge in [-0.05, 0) is 19.1 Å². The number of carbonyl (C=O) groups excluding carboxylic acids is 1. The predicted octanol–water partition coefficient (Wildman–Crippen LogP) is 1.22. The number of anilines is 1. The normalized spacial score (nSPS) is 10.4. The molecule has 7 nitrogen and oxygen atoms in total. The highest BCUT2D eigenvalue weighted by Crippen LogP contribution is 2.19. The lowest BCUT2D eigenvalue weighted by Crippen LogP contribution is -2.12. The fraction of sp³-hybridized carbons (Fsp3) is 0.357. The highest BCUT2D eigenvalue weighted by molar-refractivity contribution is 5.69. The first-order chi connectivity index (χ1) is 10.1. The van der Waals surface area contributed by atoms with E-state index in [-0.39, 0.29) is 25.6 Å². The van der Waals surface area contributed by atoms with Crippen LogP contribution in [0.25, 0.3) is 0 Å². The summed E-state index contributed by atoms with van der Waals surface area (Å²) in [7, 11) is 1.82. The minimum absolute atomic E-state index is 0.101. The number of aryl methyl sites for hydroxylation is 1. The number of benzene rings is 1. The number of nitrogens with zero attached hydrogens (tertiary/aromatic N) is 3. The van der Waals surface area contributed by atoms with Crippen molar-refractivity contribution in [3.8, 4) is 5.75 Å². The molecule has 0 radical (unpaired) electrons. The molecule has 0 saturated heterocycles. The summed E-state index contributed by atoms with van der Waals surface area (Å²) in [6, 6.07) is 7.13. The topological polar surface area (TPSA) is 92.3 Å². The molecule has 1 heterocycles. The molecule has 2 rings (SSSR count). The van der Waals surface area contributed by atoms with Crippen LogP contribution in [0.15, 0.2) is 24.3 Å². The zero-order valence-corrected chi connectivity index (χ0v) is 12.1. The van der Waals surface area contributed by atoms with Crippen LogP contribution in [0.2, 0.25) is 0 Å². The van der Waals surface area contributed by atoms with E-state index >= 15 is 0 Å². The first kappa shape index (κ1) is 14.8. The highest BCUT2D eigenvalue weighted by atomic mass is 16.5. The molecular weight excluding hydrogens is 272 g/mol. The van der Waals surface area contributed by atoms with Crippen molar-refractivity contribution in [1.29, 1.82) is 0 Å². The summed E-state index contributed by atoms with van der Waals surface area (Å²) in [5.41, 5.74) is 6.27. The summed E-state index contributed by atoms with van der Waals surface area (Å²) in [5, 5.41) is 7.80. The van der Waals surface area contributed by atoms with Crippen LogP contribution in [0.3, 0.4) is 0 Å². The van der Waals surface area contributed by atoms with Crippen molar-refractivity contribution >= 4 is 11.7 Å². The SMILES string of the molecule is Cc1nnc(COC(=O)CCOc2ccccc2N)n1C. The van der Waals surface area contributed by atoms with Gasteiger partial charge in [-0.3, -0.25) is 4.79 Å². The summed E-state index contributed by atoms with van der Waals surface area (Å²) < 4.78 is 12.3. The molecule has 0 saturated carbocycles. The number of hydrogen-bond donors (Lipinski definition) is 1. The van der Waals surface area contributed by atoms with Crippen molar-refractivity contribution in [3.05, 3.63) is 35.9 Å². The van der Waals surface area contributed by atoms with Crippen LogP contribution in [-0.4, -0.2) is 27.3 Å². The number of aromatic nitrogens is 3. The second-order valence-corrected chi connectivity index (χ2v) is 4.52. The van der Waals surface area contributed by atoms with E-state index in [0.717, 1.165) is 5.82 Å². The summed E-state index contributed by atoms with van der Waals surface area (Å²) in [6.45, 7) is 2.14. The number of nitrogen functional groups attached to an aromatic ring is 1. The molecular formula is C14H18N4O3. The van der Waals surface area contributed by atoms with Gasteiger partial charge < -0.3 is 19.8 Å². The van der Waals surface area contributed by atoms with Gasteiger partial charge in [0.05, 0.1) is 18.7 Å². The van der Waals surface area contributed by atoms with E-state index in [2.05, 4.69) is 10.2 Å². The minimum Gasteiger partial charge on any atom is -0.491 e. The largest absolute Gasteiger partial charge is 0.491 e. The van der Waals surface area contributed by atoms with Crippen molar-refractivity contribution in [2.24, 2.45) is 7.05 Å². The van der Waals surface area contributed by atoms with Gasteiger partial charge in [-0.2, -0.15) is 0 Å². The Morgan fingerprint density at radius 1 is 1.33 bits per heavy atom. The van der Waals surface area contributed by atoms with Gasteiger partial charge in [-0.15, -0.1) is 10.2 Å². The van der Waals surface area contributed by atoms with E-state index in [9.17, 15) is 4.79 Å². The fourth-order valence-electron chi connectivity index (χ4n) is 1.65. The number of hydrogen-bond acceptors (Lipinski definition) is 6. The van der Waals surface area contributed by atoms with Crippen LogP contribution in [0.5, 0.6) is 5.75 Å². The summed E-state index contributed by atoms with van der Waals surface area (Å²) in [6.07, 6.45) is 0.144. The number of ether oxygens (including phenoxy) is 2. The second-order valence-electron chi connectivity index (χ2n) is 4.52. The average Bonchev–Trinajstić information content (AvgIpc) is 2.79. The van der Waals surface area contributed by atoms with Crippen LogP contribution < -0.4 is 10.5 Å². The Kier molecular flexibility index (Phi) is 4.76. The van der Waals surface area contributed by atoms with Gasteiger partial charge >= 0.3 is 5.97 Å². The summed E-state index contributed by atoms with van der Waals surface area (Å²) in [4.78, 5) is 11.6. The molecule has 0 amide bonds. The van der Waals surface area contributed by atoms with Crippen LogP contribution in [-0.2, 0) is 23.2 Å². The number of para-hydroxylation sites is 2. The summed E-state index contributed by atoms with van der Waals surface area (Å²) in [5.74, 6) is 1.58.